The summed E-state index contributed by atoms with van der Waals surface area (Å²) in [4.78, 5) is 10.2. The molecule has 2 N–H and O–H groups in total. The van der Waals surface area contributed by atoms with Gasteiger partial charge in [0.1, 0.15) is 10.6 Å². The van der Waals surface area contributed by atoms with Crippen molar-refractivity contribution < 1.29 is 0 Å². The van der Waals surface area contributed by atoms with Gasteiger partial charge in [-0.15, -0.1) is 11.3 Å². The highest BCUT2D eigenvalue weighted by Gasteiger charge is 2.34. The Balaban J connectivity index is 1.83. The molecule has 0 aromatic carbocycles. The van der Waals surface area contributed by atoms with Gasteiger partial charge in [0.05, 0.1) is 5.39 Å². The zero-order valence-corrected chi connectivity index (χ0v) is 13.0. The molecule has 1 aliphatic carbocycles. The maximum atomic E-state index is 4.63. The fourth-order valence-corrected chi connectivity index (χ4v) is 3.59. The van der Waals surface area contributed by atoms with E-state index < -0.39 is 0 Å². The van der Waals surface area contributed by atoms with Crippen molar-refractivity contribution in [2.24, 2.45) is 5.41 Å². The van der Waals surface area contributed by atoms with E-state index in [1.807, 2.05) is 0 Å². The SMILES string of the molecule is CCNc1nc(NCC2(CC)CCC2)c2ccsc2n1. The molecule has 5 heteroatoms. The summed E-state index contributed by atoms with van der Waals surface area (Å²) in [7, 11) is 0. The Bertz CT molecular complexity index is 583. The highest BCUT2D eigenvalue weighted by molar-refractivity contribution is 7.16. The first-order valence-electron chi connectivity index (χ1n) is 7.49. The second kappa shape index (κ2) is 5.56. The van der Waals surface area contributed by atoms with Gasteiger partial charge in [0.15, 0.2) is 0 Å². The molecule has 2 heterocycles. The van der Waals surface area contributed by atoms with E-state index in [9.17, 15) is 0 Å². The minimum atomic E-state index is 0.492. The maximum Gasteiger partial charge on any atom is 0.226 e. The summed E-state index contributed by atoms with van der Waals surface area (Å²) in [5.41, 5.74) is 0.492. The van der Waals surface area contributed by atoms with E-state index in [-0.39, 0.29) is 0 Å². The molecule has 0 spiro atoms. The summed E-state index contributed by atoms with van der Waals surface area (Å²) in [5.74, 6) is 1.70. The van der Waals surface area contributed by atoms with Crippen LogP contribution in [0.1, 0.15) is 39.5 Å². The van der Waals surface area contributed by atoms with E-state index in [0.717, 1.165) is 35.1 Å². The Hall–Kier alpha value is -1.36. The molecule has 0 aliphatic heterocycles. The standard InChI is InChI=1S/C15H22N4S/c1-3-15(7-5-8-15)10-17-12-11-6-9-20-13(11)19-14(18-12)16-4-2/h6,9H,3-5,7-8,10H2,1-2H3,(H2,16,17,18,19). The van der Waals surface area contributed by atoms with Gasteiger partial charge in [0, 0.05) is 13.1 Å². The predicted molar refractivity (Wildman–Crippen MR) is 86.6 cm³/mol. The number of hydrogen-bond donors (Lipinski definition) is 2. The van der Waals surface area contributed by atoms with Crippen LogP contribution in [0.3, 0.4) is 0 Å². The summed E-state index contributed by atoms with van der Waals surface area (Å²) in [6, 6.07) is 2.11. The van der Waals surface area contributed by atoms with Crippen molar-refractivity contribution in [1.29, 1.82) is 0 Å². The first kappa shape index (κ1) is 13.6. The van der Waals surface area contributed by atoms with Crippen LogP contribution in [-0.2, 0) is 0 Å². The predicted octanol–water partition coefficient (Wildman–Crippen LogP) is 4.12. The third-order valence-electron chi connectivity index (χ3n) is 4.45. The summed E-state index contributed by atoms with van der Waals surface area (Å²) < 4.78 is 0. The summed E-state index contributed by atoms with van der Waals surface area (Å²) in [6.07, 6.45) is 5.30. The molecule has 0 amide bonds. The van der Waals surface area contributed by atoms with Crippen molar-refractivity contribution in [2.75, 3.05) is 23.7 Å². The molecule has 0 atom stereocenters. The van der Waals surface area contributed by atoms with Gasteiger partial charge in [-0.05, 0) is 43.0 Å². The van der Waals surface area contributed by atoms with Gasteiger partial charge < -0.3 is 10.6 Å². The van der Waals surface area contributed by atoms with Crippen molar-refractivity contribution >= 4 is 33.3 Å². The minimum Gasteiger partial charge on any atom is -0.369 e. The van der Waals surface area contributed by atoms with Crippen LogP contribution in [0.5, 0.6) is 0 Å². The monoisotopic (exact) mass is 290 g/mol. The van der Waals surface area contributed by atoms with Gasteiger partial charge in [-0.1, -0.05) is 13.3 Å². The Morgan fingerprint density at radius 1 is 1.25 bits per heavy atom. The van der Waals surface area contributed by atoms with Crippen molar-refractivity contribution in [3.05, 3.63) is 11.4 Å². The number of nitrogens with zero attached hydrogens (tertiary/aromatic N) is 2. The molecule has 3 rings (SSSR count). The Morgan fingerprint density at radius 3 is 2.75 bits per heavy atom. The second-order valence-electron chi connectivity index (χ2n) is 5.63. The number of anilines is 2. The number of rotatable bonds is 6. The Labute approximate surface area is 124 Å². The largest absolute Gasteiger partial charge is 0.369 e. The zero-order valence-electron chi connectivity index (χ0n) is 12.2. The number of hydrogen-bond acceptors (Lipinski definition) is 5. The molecule has 2 aromatic rings. The smallest absolute Gasteiger partial charge is 0.226 e. The van der Waals surface area contributed by atoms with Crippen LogP contribution in [0.15, 0.2) is 11.4 Å². The molecule has 1 fully saturated rings. The first-order valence-corrected chi connectivity index (χ1v) is 8.37. The quantitative estimate of drug-likeness (QED) is 0.840. The lowest BCUT2D eigenvalue weighted by Crippen LogP contribution is -2.36. The number of fused-ring (bicyclic) bond motifs is 1. The Kier molecular flexibility index (Phi) is 3.78. The summed E-state index contributed by atoms with van der Waals surface area (Å²) in [6.45, 7) is 6.23. The van der Waals surface area contributed by atoms with E-state index in [1.54, 1.807) is 11.3 Å². The molecule has 2 aromatic heterocycles. The lowest BCUT2D eigenvalue weighted by molar-refractivity contribution is 0.145. The average molecular weight is 290 g/mol. The van der Waals surface area contributed by atoms with Crippen LogP contribution in [0.2, 0.25) is 0 Å². The van der Waals surface area contributed by atoms with E-state index in [2.05, 4.69) is 45.9 Å². The van der Waals surface area contributed by atoms with E-state index in [4.69, 9.17) is 0 Å². The molecule has 20 heavy (non-hydrogen) atoms. The number of nitrogens with one attached hydrogen (secondary N) is 2. The van der Waals surface area contributed by atoms with Crippen LogP contribution >= 0.6 is 11.3 Å². The zero-order chi connectivity index (χ0) is 14.0. The molecule has 1 saturated carbocycles. The van der Waals surface area contributed by atoms with Gasteiger partial charge in [-0.3, -0.25) is 0 Å². The molecule has 1 aliphatic rings. The van der Waals surface area contributed by atoms with E-state index >= 15 is 0 Å². The highest BCUT2D eigenvalue weighted by atomic mass is 32.1. The van der Waals surface area contributed by atoms with Crippen molar-refractivity contribution in [3.63, 3.8) is 0 Å². The van der Waals surface area contributed by atoms with Gasteiger partial charge in [-0.2, -0.15) is 4.98 Å². The highest BCUT2D eigenvalue weighted by Crippen LogP contribution is 2.44. The van der Waals surface area contributed by atoms with Gasteiger partial charge in [0.25, 0.3) is 0 Å². The first-order chi connectivity index (χ1) is 9.76. The van der Waals surface area contributed by atoms with Crippen molar-refractivity contribution in [2.45, 2.75) is 39.5 Å². The molecule has 108 valence electrons. The second-order valence-corrected chi connectivity index (χ2v) is 6.52. The van der Waals surface area contributed by atoms with Crippen LogP contribution in [0.4, 0.5) is 11.8 Å². The summed E-state index contributed by atoms with van der Waals surface area (Å²) >= 11 is 1.67. The molecule has 4 nitrogen and oxygen atoms in total. The van der Waals surface area contributed by atoms with Crippen LogP contribution in [0.25, 0.3) is 10.2 Å². The molecule has 0 bridgehead atoms. The molecule has 0 unspecified atom stereocenters. The Morgan fingerprint density at radius 2 is 2.10 bits per heavy atom. The van der Waals surface area contributed by atoms with Gasteiger partial charge >= 0.3 is 0 Å². The fourth-order valence-electron chi connectivity index (χ4n) is 2.83. The van der Waals surface area contributed by atoms with Crippen LogP contribution < -0.4 is 10.6 Å². The molecule has 0 radical (unpaired) electrons. The normalized spacial score (nSPS) is 16.9. The average Bonchev–Trinajstić information content (AvgIpc) is 2.86. The fraction of sp³-hybridized carbons (Fsp3) is 0.600. The molecule has 0 saturated heterocycles. The van der Waals surface area contributed by atoms with Gasteiger partial charge in [-0.25, -0.2) is 4.98 Å². The van der Waals surface area contributed by atoms with Gasteiger partial charge in [0.2, 0.25) is 5.95 Å². The lowest BCUT2D eigenvalue weighted by atomic mass is 9.67. The number of thiophene rings is 1. The summed E-state index contributed by atoms with van der Waals surface area (Å²) in [5, 5.41) is 10.0. The molecular formula is C15H22N4S. The van der Waals surface area contributed by atoms with Crippen LogP contribution in [-0.4, -0.2) is 23.1 Å². The van der Waals surface area contributed by atoms with Crippen LogP contribution in [0, 0.1) is 5.41 Å². The maximum absolute atomic E-state index is 4.63. The number of aromatic nitrogens is 2. The van der Waals surface area contributed by atoms with Crippen molar-refractivity contribution in [3.8, 4) is 0 Å². The molecular weight excluding hydrogens is 268 g/mol. The minimum absolute atomic E-state index is 0.492. The topological polar surface area (TPSA) is 49.8 Å². The van der Waals surface area contributed by atoms with E-state index in [0.29, 0.717) is 5.41 Å². The van der Waals surface area contributed by atoms with E-state index in [1.165, 1.54) is 25.7 Å². The third kappa shape index (κ3) is 2.46. The van der Waals surface area contributed by atoms with Crippen molar-refractivity contribution in [1.82, 2.24) is 9.97 Å². The third-order valence-corrected chi connectivity index (χ3v) is 5.26. The lowest BCUT2D eigenvalue weighted by Gasteiger charge is -2.41.